The number of benzene rings is 1. The van der Waals surface area contributed by atoms with Crippen LogP contribution in [0.1, 0.15) is 40.5 Å². The van der Waals surface area contributed by atoms with Crippen LogP contribution in [0, 0.1) is 11.7 Å². The lowest BCUT2D eigenvalue weighted by Gasteiger charge is -2.35. The van der Waals surface area contributed by atoms with Crippen LogP contribution in [-0.4, -0.2) is 12.6 Å². The number of nitrogens with zero attached hydrogens (tertiary/aromatic N) is 1. The normalized spacial score (nSPS) is 11.4. The van der Waals surface area contributed by atoms with Gasteiger partial charge in [-0.2, -0.15) is 0 Å². The van der Waals surface area contributed by atoms with Crippen LogP contribution in [0.2, 0.25) is 0 Å². The summed E-state index contributed by atoms with van der Waals surface area (Å²) in [6.45, 7) is 9.65. The fourth-order valence-electron chi connectivity index (χ4n) is 2.37. The van der Waals surface area contributed by atoms with Gasteiger partial charge >= 0.3 is 0 Å². The number of hydrogen-bond acceptors (Lipinski definition) is 2. The van der Waals surface area contributed by atoms with Gasteiger partial charge in [-0.15, -0.1) is 0 Å². The first-order valence-electron chi connectivity index (χ1n) is 6.91. The molecule has 0 saturated carbocycles. The highest BCUT2D eigenvalue weighted by Gasteiger charge is 2.20. The molecule has 0 saturated heterocycles. The summed E-state index contributed by atoms with van der Waals surface area (Å²) in [5.41, 5.74) is 7.45. The first kappa shape index (κ1) is 16.3. The zero-order valence-electron chi connectivity index (χ0n) is 12.2. The van der Waals surface area contributed by atoms with Crippen LogP contribution >= 0.6 is 15.9 Å². The first-order chi connectivity index (χ1) is 8.90. The van der Waals surface area contributed by atoms with Gasteiger partial charge in [0.15, 0.2) is 0 Å². The Labute approximate surface area is 124 Å². The largest absolute Gasteiger partial charge is 0.397 e. The highest BCUT2D eigenvalue weighted by atomic mass is 79.9. The summed E-state index contributed by atoms with van der Waals surface area (Å²) in [7, 11) is 0. The Balaban J connectivity index is 3.20. The molecule has 0 aliphatic carbocycles. The topological polar surface area (TPSA) is 29.3 Å². The summed E-state index contributed by atoms with van der Waals surface area (Å²) in [6, 6.07) is 3.63. The van der Waals surface area contributed by atoms with Crippen LogP contribution in [0.4, 0.5) is 15.8 Å². The third-order valence-electron chi connectivity index (χ3n) is 3.32. The molecule has 1 aromatic carbocycles. The van der Waals surface area contributed by atoms with E-state index in [4.69, 9.17) is 5.73 Å². The molecular weight excluding hydrogens is 307 g/mol. The van der Waals surface area contributed by atoms with Crippen molar-refractivity contribution in [1.29, 1.82) is 0 Å². The van der Waals surface area contributed by atoms with Crippen LogP contribution in [0.3, 0.4) is 0 Å². The van der Waals surface area contributed by atoms with E-state index in [9.17, 15) is 4.39 Å². The van der Waals surface area contributed by atoms with Gasteiger partial charge in [0.25, 0.3) is 0 Å². The number of rotatable bonds is 6. The first-order valence-corrected chi connectivity index (χ1v) is 7.71. The monoisotopic (exact) mass is 330 g/mol. The lowest BCUT2D eigenvalue weighted by Crippen LogP contribution is -2.37. The number of anilines is 2. The highest BCUT2D eigenvalue weighted by Crippen LogP contribution is 2.32. The molecule has 0 heterocycles. The highest BCUT2D eigenvalue weighted by molar-refractivity contribution is 9.10. The summed E-state index contributed by atoms with van der Waals surface area (Å²) in [5, 5.41) is 0. The van der Waals surface area contributed by atoms with E-state index in [-0.39, 0.29) is 5.82 Å². The predicted molar refractivity (Wildman–Crippen MR) is 85.1 cm³/mol. The van der Waals surface area contributed by atoms with E-state index in [1.54, 1.807) is 6.07 Å². The van der Waals surface area contributed by atoms with Gasteiger partial charge in [0, 0.05) is 18.7 Å². The molecule has 19 heavy (non-hydrogen) atoms. The maximum absolute atomic E-state index is 13.5. The van der Waals surface area contributed by atoms with E-state index >= 15 is 0 Å². The second-order valence-electron chi connectivity index (χ2n) is 5.34. The maximum Gasteiger partial charge on any atom is 0.139 e. The summed E-state index contributed by atoms with van der Waals surface area (Å²) in [4.78, 5) is 2.31. The fraction of sp³-hybridized carbons (Fsp3) is 0.600. The van der Waals surface area contributed by atoms with Gasteiger partial charge in [-0.25, -0.2) is 4.39 Å². The van der Waals surface area contributed by atoms with Crippen molar-refractivity contribution in [3.63, 3.8) is 0 Å². The summed E-state index contributed by atoms with van der Waals surface area (Å²) in [6.07, 6.45) is 2.11. The molecule has 2 nitrogen and oxygen atoms in total. The Morgan fingerprint density at radius 1 is 1.26 bits per heavy atom. The smallest absolute Gasteiger partial charge is 0.139 e. The van der Waals surface area contributed by atoms with Crippen LogP contribution in [0.25, 0.3) is 0 Å². The molecular formula is C15H24BrFN2. The second kappa shape index (κ2) is 7.13. The lowest BCUT2D eigenvalue weighted by molar-refractivity contribution is 0.507. The second-order valence-corrected chi connectivity index (χ2v) is 6.20. The van der Waals surface area contributed by atoms with E-state index in [2.05, 4.69) is 48.5 Å². The van der Waals surface area contributed by atoms with Crippen molar-refractivity contribution in [3.05, 3.63) is 22.4 Å². The van der Waals surface area contributed by atoms with Crippen LogP contribution in [0.5, 0.6) is 0 Å². The zero-order chi connectivity index (χ0) is 14.6. The van der Waals surface area contributed by atoms with E-state index in [1.165, 1.54) is 6.07 Å². The molecule has 0 unspecified atom stereocenters. The van der Waals surface area contributed by atoms with Gasteiger partial charge in [0.05, 0.1) is 15.8 Å². The van der Waals surface area contributed by atoms with Gasteiger partial charge < -0.3 is 10.6 Å². The molecule has 0 spiro atoms. The minimum atomic E-state index is -0.310. The van der Waals surface area contributed by atoms with Crippen LogP contribution in [0.15, 0.2) is 16.6 Å². The zero-order valence-corrected chi connectivity index (χ0v) is 13.8. The molecule has 1 aromatic rings. The van der Waals surface area contributed by atoms with E-state index in [1.807, 2.05) is 0 Å². The average molecular weight is 331 g/mol. The molecule has 0 aliphatic rings. The van der Waals surface area contributed by atoms with Gasteiger partial charge in [-0.1, -0.05) is 27.7 Å². The molecule has 0 bridgehead atoms. The third-order valence-corrected chi connectivity index (χ3v) is 3.93. The molecule has 108 valence electrons. The van der Waals surface area contributed by atoms with Crippen molar-refractivity contribution in [2.75, 3.05) is 17.2 Å². The van der Waals surface area contributed by atoms with Crippen molar-refractivity contribution in [2.24, 2.45) is 5.92 Å². The molecule has 0 aliphatic heterocycles. The Kier molecular flexibility index (Phi) is 6.11. The average Bonchev–Trinajstić information content (AvgIpc) is 2.33. The predicted octanol–water partition coefficient (Wildman–Crippen LogP) is 4.82. The molecule has 1 rings (SSSR count). The standard InChI is InChI=1S/C15H24BrFN2/c1-5-11(6-2)19(9-10(3)4)15-7-12(16)13(17)8-14(15)18/h7-8,10-11H,5-6,9,18H2,1-4H3. The Morgan fingerprint density at radius 3 is 2.32 bits per heavy atom. The maximum atomic E-state index is 13.5. The van der Waals surface area contributed by atoms with Crippen LogP contribution < -0.4 is 10.6 Å². The van der Waals surface area contributed by atoms with Gasteiger partial charge in [0.1, 0.15) is 5.82 Å². The minimum absolute atomic E-state index is 0.310. The number of nitrogen functional groups attached to an aromatic ring is 1. The molecule has 0 amide bonds. The van der Waals surface area contributed by atoms with E-state index in [0.29, 0.717) is 22.1 Å². The van der Waals surface area contributed by atoms with Crippen molar-refractivity contribution < 1.29 is 4.39 Å². The third kappa shape index (κ3) is 4.10. The van der Waals surface area contributed by atoms with Gasteiger partial charge in [-0.05, 0) is 40.8 Å². The van der Waals surface area contributed by atoms with Crippen LogP contribution in [-0.2, 0) is 0 Å². The number of halogens is 2. The number of hydrogen-bond donors (Lipinski definition) is 1. The summed E-state index contributed by atoms with van der Waals surface area (Å²) < 4.78 is 14.0. The SMILES string of the molecule is CCC(CC)N(CC(C)C)c1cc(Br)c(F)cc1N. The quantitative estimate of drug-likeness (QED) is 0.757. The van der Waals surface area contributed by atoms with Crippen molar-refractivity contribution in [3.8, 4) is 0 Å². The van der Waals surface area contributed by atoms with E-state index < -0.39 is 0 Å². The minimum Gasteiger partial charge on any atom is -0.397 e. The molecule has 2 N–H and O–H groups in total. The summed E-state index contributed by atoms with van der Waals surface area (Å²) >= 11 is 3.25. The van der Waals surface area contributed by atoms with Crippen molar-refractivity contribution in [2.45, 2.75) is 46.6 Å². The summed E-state index contributed by atoms with van der Waals surface area (Å²) in [5.74, 6) is 0.221. The Morgan fingerprint density at radius 2 is 1.84 bits per heavy atom. The molecule has 0 aromatic heterocycles. The lowest BCUT2D eigenvalue weighted by atomic mass is 10.1. The Hall–Kier alpha value is -0.770. The Bertz CT molecular complexity index is 417. The van der Waals surface area contributed by atoms with Crippen molar-refractivity contribution in [1.82, 2.24) is 0 Å². The van der Waals surface area contributed by atoms with E-state index in [0.717, 1.165) is 25.1 Å². The van der Waals surface area contributed by atoms with Gasteiger partial charge in [-0.3, -0.25) is 0 Å². The molecule has 4 heteroatoms. The molecule has 0 radical (unpaired) electrons. The number of nitrogens with two attached hydrogens (primary N) is 1. The van der Waals surface area contributed by atoms with Gasteiger partial charge in [0.2, 0.25) is 0 Å². The fourth-order valence-corrected chi connectivity index (χ4v) is 2.70. The molecule has 0 atom stereocenters. The van der Waals surface area contributed by atoms with Crippen molar-refractivity contribution >= 4 is 27.3 Å². The molecule has 0 fully saturated rings.